The third-order valence-electron chi connectivity index (χ3n) is 1.40. The van der Waals surface area contributed by atoms with Crippen LogP contribution in [0.5, 0.6) is 11.6 Å². The zero-order valence-electron chi connectivity index (χ0n) is 6.37. The molecule has 0 fully saturated rings. The van der Waals surface area contributed by atoms with E-state index in [1.807, 2.05) is 0 Å². The molecule has 8 heteroatoms. The maximum absolute atomic E-state index is 10.7. The SMILES string of the molecule is O=S1(=O)Oc2cn(CCO)nc2O1. The highest BCUT2D eigenvalue weighted by Crippen LogP contribution is 2.33. The monoisotopic (exact) mass is 206 g/mol. The molecule has 0 saturated carbocycles. The van der Waals surface area contributed by atoms with Gasteiger partial charge < -0.3 is 13.5 Å². The van der Waals surface area contributed by atoms with Crippen LogP contribution in [0.3, 0.4) is 0 Å². The number of fused-ring (bicyclic) bond motifs is 1. The van der Waals surface area contributed by atoms with E-state index in [2.05, 4.69) is 13.5 Å². The van der Waals surface area contributed by atoms with Crippen LogP contribution in [0, 0.1) is 0 Å². The minimum absolute atomic E-state index is 0.0495. The molecule has 1 aromatic heterocycles. The molecule has 1 aliphatic heterocycles. The Hall–Kier alpha value is -1.28. The van der Waals surface area contributed by atoms with E-state index in [1.54, 1.807) is 0 Å². The number of hydrogen-bond acceptors (Lipinski definition) is 6. The van der Waals surface area contributed by atoms with Crippen LogP contribution < -0.4 is 8.37 Å². The average Bonchev–Trinajstić information content (AvgIpc) is 2.41. The Kier molecular flexibility index (Phi) is 1.67. The first kappa shape index (κ1) is 8.32. The van der Waals surface area contributed by atoms with Gasteiger partial charge in [0.05, 0.1) is 19.3 Å². The molecule has 0 unspecified atom stereocenters. The number of aliphatic hydroxyl groups excluding tert-OH is 1. The fourth-order valence-electron chi connectivity index (χ4n) is 0.941. The van der Waals surface area contributed by atoms with Gasteiger partial charge in [-0.2, -0.15) is 0 Å². The van der Waals surface area contributed by atoms with E-state index in [0.29, 0.717) is 0 Å². The molecular weight excluding hydrogens is 200 g/mol. The molecule has 13 heavy (non-hydrogen) atoms. The summed E-state index contributed by atoms with van der Waals surface area (Å²) in [6, 6.07) is 0. The van der Waals surface area contributed by atoms with E-state index in [1.165, 1.54) is 10.9 Å². The molecule has 0 aliphatic carbocycles. The number of aromatic nitrogens is 2. The van der Waals surface area contributed by atoms with E-state index in [0.717, 1.165) is 0 Å². The van der Waals surface area contributed by atoms with Crippen molar-refractivity contribution in [2.24, 2.45) is 0 Å². The van der Waals surface area contributed by atoms with E-state index < -0.39 is 10.4 Å². The predicted octanol–water partition coefficient (Wildman–Crippen LogP) is -1.11. The normalized spacial score (nSPS) is 17.6. The smallest absolute Gasteiger partial charge is 0.394 e. The summed E-state index contributed by atoms with van der Waals surface area (Å²) < 4.78 is 31.4. The molecule has 1 N–H and O–H groups in total. The van der Waals surface area contributed by atoms with Gasteiger partial charge in [-0.25, -0.2) is 0 Å². The van der Waals surface area contributed by atoms with Gasteiger partial charge >= 0.3 is 10.4 Å². The Morgan fingerprint density at radius 2 is 2.31 bits per heavy atom. The third-order valence-corrected chi connectivity index (χ3v) is 2.14. The van der Waals surface area contributed by atoms with Crippen LogP contribution in [-0.2, 0) is 16.9 Å². The van der Waals surface area contributed by atoms with Crippen molar-refractivity contribution in [3.05, 3.63) is 6.20 Å². The second-order valence-corrected chi connectivity index (χ2v) is 3.51. The molecule has 72 valence electrons. The number of rotatable bonds is 2. The lowest BCUT2D eigenvalue weighted by molar-refractivity contribution is 0.268. The van der Waals surface area contributed by atoms with Crippen molar-refractivity contribution < 1.29 is 21.9 Å². The van der Waals surface area contributed by atoms with Crippen molar-refractivity contribution in [3.8, 4) is 11.6 Å². The predicted molar refractivity (Wildman–Crippen MR) is 39.5 cm³/mol. The Morgan fingerprint density at radius 3 is 2.92 bits per heavy atom. The second kappa shape index (κ2) is 2.60. The molecule has 0 aromatic carbocycles. The summed E-state index contributed by atoms with van der Waals surface area (Å²) >= 11 is 0. The van der Waals surface area contributed by atoms with Gasteiger partial charge in [0.25, 0.3) is 5.88 Å². The van der Waals surface area contributed by atoms with E-state index in [4.69, 9.17) is 5.11 Å². The number of hydrogen-bond donors (Lipinski definition) is 1. The third kappa shape index (κ3) is 1.45. The Balaban J connectivity index is 2.28. The lowest BCUT2D eigenvalue weighted by Gasteiger charge is -1.96. The molecule has 0 bridgehead atoms. The van der Waals surface area contributed by atoms with Gasteiger partial charge in [-0.15, -0.1) is 13.5 Å². The van der Waals surface area contributed by atoms with Crippen LogP contribution in [0.1, 0.15) is 0 Å². The summed E-state index contributed by atoms with van der Waals surface area (Å²) in [5.41, 5.74) is 0. The van der Waals surface area contributed by atoms with Crippen molar-refractivity contribution in [2.45, 2.75) is 6.54 Å². The summed E-state index contributed by atoms with van der Waals surface area (Å²) in [6.45, 7) is 0.174. The maximum Gasteiger partial charge on any atom is 0.502 e. The Labute approximate surface area is 73.8 Å². The lowest BCUT2D eigenvalue weighted by Crippen LogP contribution is -2.11. The van der Waals surface area contributed by atoms with Gasteiger partial charge in [-0.1, -0.05) is 0 Å². The van der Waals surface area contributed by atoms with Gasteiger partial charge in [-0.3, -0.25) is 4.68 Å². The first-order chi connectivity index (χ1) is 6.11. The zero-order valence-corrected chi connectivity index (χ0v) is 7.19. The average molecular weight is 206 g/mol. The molecule has 0 saturated heterocycles. The van der Waals surface area contributed by atoms with Crippen molar-refractivity contribution in [1.82, 2.24) is 9.78 Å². The molecule has 2 rings (SSSR count). The van der Waals surface area contributed by atoms with Crippen LogP contribution in [-0.4, -0.2) is 29.9 Å². The van der Waals surface area contributed by atoms with Gasteiger partial charge in [-0.05, 0) is 0 Å². The maximum atomic E-state index is 10.7. The zero-order chi connectivity index (χ0) is 9.47. The van der Waals surface area contributed by atoms with E-state index in [-0.39, 0.29) is 24.8 Å². The molecule has 1 aliphatic rings. The highest BCUT2D eigenvalue weighted by molar-refractivity contribution is 7.82. The van der Waals surface area contributed by atoms with Crippen molar-refractivity contribution in [1.29, 1.82) is 0 Å². The van der Waals surface area contributed by atoms with Gasteiger partial charge in [0.1, 0.15) is 0 Å². The highest BCUT2D eigenvalue weighted by Gasteiger charge is 2.31. The van der Waals surface area contributed by atoms with Crippen LogP contribution >= 0.6 is 0 Å². The quantitative estimate of drug-likeness (QED) is 0.659. The topological polar surface area (TPSA) is 90.7 Å². The molecule has 7 nitrogen and oxygen atoms in total. The molecule has 0 spiro atoms. The van der Waals surface area contributed by atoms with Crippen molar-refractivity contribution in [2.75, 3.05) is 6.61 Å². The summed E-state index contributed by atoms with van der Waals surface area (Å²) in [5, 5.41) is 12.3. The first-order valence-corrected chi connectivity index (χ1v) is 4.76. The molecule has 0 atom stereocenters. The molecular formula is C5H6N2O5S. The van der Waals surface area contributed by atoms with Crippen molar-refractivity contribution >= 4 is 10.4 Å². The van der Waals surface area contributed by atoms with Crippen molar-refractivity contribution in [3.63, 3.8) is 0 Å². The van der Waals surface area contributed by atoms with E-state index in [9.17, 15) is 8.42 Å². The molecule has 0 radical (unpaired) electrons. The Bertz CT molecular complexity index is 393. The number of nitrogens with zero attached hydrogens (tertiary/aromatic N) is 2. The highest BCUT2D eigenvalue weighted by atomic mass is 32.3. The Morgan fingerprint density at radius 1 is 1.54 bits per heavy atom. The van der Waals surface area contributed by atoms with E-state index >= 15 is 0 Å². The minimum Gasteiger partial charge on any atom is -0.394 e. The van der Waals surface area contributed by atoms with Crippen LogP contribution in [0.2, 0.25) is 0 Å². The molecule has 1 aromatic rings. The largest absolute Gasteiger partial charge is 0.502 e. The molecule has 2 heterocycles. The molecule has 0 amide bonds. The standard InChI is InChI=1S/C5H6N2O5S/c8-2-1-7-3-4-5(6-7)12-13(9,10)11-4/h3,8H,1-2H2. The second-order valence-electron chi connectivity index (χ2n) is 2.36. The number of aliphatic hydroxyl groups is 1. The van der Waals surface area contributed by atoms with Crippen LogP contribution in [0.25, 0.3) is 0 Å². The van der Waals surface area contributed by atoms with Crippen LogP contribution in [0.15, 0.2) is 6.20 Å². The van der Waals surface area contributed by atoms with Crippen LogP contribution in [0.4, 0.5) is 0 Å². The summed E-state index contributed by atoms with van der Waals surface area (Å²) in [6.07, 6.45) is 1.34. The van der Waals surface area contributed by atoms with Gasteiger partial charge in [0, 0.05) is 0 Å². The summed E-state index contributed by atoms with van der Waals surface area (Å²) in [7, 11) is -3.93. The fourth-order valence-corrected chi connectivity index (χ4v) is 1.62. The van der Waals surface area contributed by atoms with Gasteiger partial charge in [0.15, 0.2) is 0 Å². The summed E-state index contributed by atoms with van der Waals surface area (Å²) in [4.78, 5) is 0. The first-order valence-electron chi connectivity index (χ1n) is 3.43. The lowest BCUT2D eigenvalue weighted by atomic mass is 10.6. The summed E-state index contributed by atoms with van der Waals surface area (Å²) in [5.74, 6) is -0.0399. The fraction of sp³-hybridized carbons (Fsp3) is 0.400. The van der Waals surface area contributed by atoms with Gasteiger partial charge in [0.2, 0.25) is 5.75 Å². The minimum atomic E-state index is -3.93.